The standard InChI is InChI=1S/C10H11N3O2/c1-2-10(12-13-11)15-9-5-3-8(7-14)4-6-9/h3-7,10H,2H2,1H3. The molecule has 15 heavy (non-hydrogen) atoms. The molecule has 0 N–H and O–H groups in total. The maximum absolute atomic E-state index is 10.4. The minimum absolute atomic E-state index is 0.503. The van der Waals surface area contributed by atoms with Crippen LogP contribution in [-0.2, 0) is 0 Å². The molecule has 5 heteroatoms. The van der Waals surface area contributed by atoms with Gasteiger partial charge in [-0.2, -0.15) is 0 Å². The number of hydrogen-bond acceptors (Lipinski definition) is 3. The van der Waals surface area contributed by atoms with Crippen molar-refractivity contribution in [3.63, 3.8) is 0 Å². The van der Waals surface area contributed by atoms with Crippen molar-refractivity contribution in [2.75, 3.05) is 0 Å². The zero-order chi connectivity index (χ0) is 11.1. The number of hydrogen-bond donors (Lipinski definition) is 0. The van der Waals surface area contributed by atoms with Crippen LogP contribution in [0.3, 0.4) is 0 Å². The minimum Gasteiger partial charge on any atom is -0.484 e. The summed E-state index contributed by atoms with van der Waals surface area (Å²) in [6, 6.07) is 6.62. The third kappa shape index (κ3) is 3.32. The molecular formula is C10H11N3O2. The summed E-state index contributed by atoms with van der Waals surface area (Å²) in [6.45, 7) is 1.86. The number of carbonyl (C=O) groups excluding carboxylic acids is 1. The first-order valence-electron chi connectivity index (χ1n) is 4.56. The van der Waals surface area contributed by atoms with Crippen LogP contribution in [0.5, 0.6) is 5.75 Å². The van der Waals surface area contributed by atoms with Gasteiger partial charge in [-0.05, 0) is 41.3 Å². The van der Waals surface area contributed by atoms with Crippen molar-refractivity contribution < 1.29 is 9.53 Å². The van der Waals surface area contributed by atoms with Crippen LogP contribution in [0.25, 0.3) is 10.4 Å². The molecule has 0 saturated heterocycles. The van der Waals surface area contributed by atoms with E-state index >= 15 is 0 Å². The summed E-state index contributed by atoms with van der Waals surface area (Å²) in [5, 5.41) is 3.47. The van der Waals surface area contributed by atoms with E-state index in [0.29, 0.717) is 17.7 Å². The van der Waals surface area contributed by atoms with Gasteiger partial charge in [0, 0.05) is 10.5 Å². The number of ether oxygens (including phenoxy) is 1. The van der Waals surface area contributed by atoms with Crippen molar-refractivity contribution in [1.82, 2.24) is 0 Å². The van der Waals surface area contributed by atoms with E-state index < -0.39 is 6.23 Å². The Hall–Kier alpha value is -2.00. The van der Waals surface area contributed by atoms with E-state index in [4.69, 9.17) is 10.3 Å². The molecule has 0 aromatic heterocycles. The van der Waals surface area contributed by atoms with E-state index in [1.807, 2.05) is 6.92 Å². The van der Waals surface area contributed by atoms with Gasteiger partial charge in [-0.15, -0.1) is 0 Å². The molecule has 0 aliphatic heterocycles. The van der Waals surface area contributed by atoms with E-state index in [9.17, 15) is 4.79 Å². The largest absolute Gasteiger partial charge is 0.484 e. The monoisotopic (exact) mass is 205 g/mol. The highest BCUT2D eigenvalue weighted by Crippen LogP contribution is 2.14. The van der Waals surface area contributed by atoms with Crippen LogP contribution < -0.4 is 4.74 Å². The molecule has 1 aromatic carbocycles. The molecule has 1 unspecified atom stereocenters. The summed E-state index contributed by atoms with van der Waals surface area (Å²) in [6.07, 6.45) is 0.852. The van der Waals surface area contributed by atoms with Crippen LogP contribution in [0.4, 0.5) is 0 Å². The summed E-state index contributed by atoms with van der Waals surface area (Å²) in [5.74, 6) is 0.583. The third-order valence-corrected chi connectivity index (χ3v) is 1.82. The van der Waals surface area contributed by atoms with Gasteiger partial charge in [0.2, 0.25) is 0 Å². The highest BCUT2D eigenvalue weighted by molar-refractivity contribution is 5.74. The van der Waals surface area contributed by atoms with Gasteiger partial charge < -0.3 is 4.74 Å². The number of azide groups is 1. The van der Waals surface area contributed by atoms with Gasteiger partial charge in [0.1, 0.15) is 12.0 Å². The fourth-order valence-electron chi connectivity index (χ4n) is 1.03. The Labute approximate surface area is 87.3 Å². The normalized spacial score (nSPS) is 11.3. The van der Waals surface area contributed by atoms with Gasteiger partial charge >= 0.3 is 0 Å². The third-order valence-electron chi connectivity index (χ3n) is 1.82. The molecule has 5 nitrogen and oxygen atoms in total. The molecule has 0 heterocycles. The van der Waals surface area contributed by atoms with Crippen molar-refractivity contribution in [3.8, 4) is 5.75 Å². The number of benzene rings is 1. The molecule has 0 aliphatic carbocycles. The summed E-state index contributed by atoms with van der Waals surface area (Å²) < 4.78 is 5.37. The average Bonchev–Trinajstić information content (AvgIpc) is 2.29. The summed E-state index contributed by atoms with van der Waals surface area (Å²) in [7, 11) is 0. The Morgan fingerprint density at radius 3 is 2.67 bits per heavy atom. The molecule has 1 rings (SSSR count). The van der Waals surface area contributed by atoms with E-state index in [1.54, 1.807) is 24.3 Å². The Kier molecular flexibility index (Phi) is 4.19. The van der Waals surface area contributed by atoms with Gasteiger partial charge in [0.25, 0.3) is 0 Å². The highest BCUT2D eigenvalue weighted by atomic mass is 16.5. The molecule has 0 amide bonds. The molecular weight excluding hydrogens is 194 g/mol. The molecule has 0 spiro atoms. The maximum atomic E-state index is 10.4. The van der Waals surface area contributed by atoms with Crippen molar-refractivity contribution >= 4 is 6.29 Å². The van der Waals surface area contributed by atoms with E-state index in [2.05, 4.69) is 10.0 Å². The predicted octanol–water partition coefficient (Wildman–Crippen LogP) is 2.92. The van der Waals surface area contributed by atoms with Crippen molar-refractivity contribution in [2.24, 2.45) is 5.11 Å². The average molecular weight is 205 g/mol. The second-order valence-electron chi connectivity index (χ2n) is 2.87. The van der Waals surface area contributed by atoms with Crippen molar-refractivity contribution in [2.45, 2.75) is 19.6 Å². The topological polar surface area (TPSA) is 75.1 Å². The quantitative estimate of drug-likeness (QED) is 0.320. The molecule has 1 aromatic rings. The Morgan fingerprint density at radius 1 is 1.53 bits per heavy atom. The molecule has 78 valence electrons. The number of aldehydes is 1. The van der Waals surface area contributed by atoms with Gasteiger partial charge in [-0.25, -0.2) is 0 Å². The van der Waals surface area contributed by atoms with Crippen molar-refractivity contribution in [3.05, 3.63) is 40.3 Å². The fourth-order valence-corrected chi connectivity index (χ4v) is 1.03. The number of carbonyl (C=O) groups is 1. The zero-order valence-corrected chi connectivity index (χ0v) is 8.33. The number of rotatable bonds is 5. The van der Waals surface area contributed by atoms with Crippen LogP contribution in [0.2, 0.25) is 0 Å². The predicted molar refractivity (Wildman–Crippen MR) is 55.7 cm³/mol. The van der Waals surface area contributed by atoms with Crippen molar-refractivity contribution in [1.29, 1.82) is 0 Å². The lowest BCUT2D eigenvalue weighted by molar-refractivity contribution is 0.112. The Balaban J connectivity index is 2.70. The van der Waals surface area contributed by atoms with E-state index in [0.717, 1.165) is 6.29 Å². The van der Waals surface area contributed by atoms with Gasteiger partial charge in [-0.3, -0.25) is 4.79 Å². The summed E-state index contributed by atoms with van der Waals surface area (Å²) >= 11 is 0. The molecule has 0 radical (unpaired) electrons. The Morgan fingerprint density at radius 2 is 2.20 bits per heavy atom. The van der Waals surface area contributed by atoms with Crippen LogP contribution in [0.1, 0.15) is 23.7 Å². The maximum Gasteiger partial charge on any atom is 0.177 e. The summed E-state index contributed by atoms with van der Waals surface area (Å²) in [5.41, 5.74) is 8.84. The zero-order valence-electron chi connectivity index (χ0n) is 8.33. The van der Waals surface area contributed by atoms with E-state index in [1.165, 1.54) is 0 Å². The van der Waals surface area contributed by atoms with Crippen LogP contribution >= 0.6 is 0 Å². The first-order chi connectivity index (χ1) is 7.30. The molecule has 0 fully saturated rings. The smallest absolute Gasteiger partial charge is 0.177 e. The minimum atomic E-state index is -0.503. The van der Waals surface area contributed by atoms with Crippen LogP contribution in [0, 0.1) is 0 Å². The first-order valence-corrected chi connectivity index (χ1v) is 4.56. The SMILES string of the molecule is CCC(N=[N+]=[N-])Oc1ccc(C=O)cc1. The van der Waals surface area contributed by atoms with Crippen LogP contribution in [-0.4, -0.2) is 12.5 Å². The summed E-state index contributed by atoms with van der Waals surface area (Å²) in [4.78, 5) is 13.1. The Bertz CT molecular complexity index is 369. The van der Waals surface area contributed by atoms with Gasteiger partial charge in [-0.1, -0.05) is 6.92 Å². The van der Waals surface area contributed by atoms with Gasteiger partial charge in [0.05, 0.1) is 0 Å². The molecule has 0 aliphatic rings. The lowest BCUT2D eigenvalue weighted by Gasteiger charge is -2.11. The fraction of sp³-hybridized carbons (Fsp3) is 0.300. The van der Waals surface area contributed by atoms with Crippen LogP contribution in [0.15, 0.2) is 29.4 Å². The van der Waals surface area contributed by atoms with Gasteiger partial charge in [0.15, 0.2) is 6.23 Å². The second kappa shape index (κ2) is 5.67. The molecule has 1 atom stereocenters. The lowest BCUT2D eigenvalue weighted by Crippen LogP contribution is -2.10. The molecule has 0 saturated carbocycles. The lowest BCUT2D eigenvalue weighted by atomic mass is 10.2. The van der Waals surface area contributed by atoms with E-state index in [-0.39, 0.29) is 0 Å². The first kappa shape index (κ1) is 11.1. The number of nitrogens with zero attached hydrogens (tertiary/aromatic N) is 3. The molecule has 0 bridgehead atoms. The highest BCUT2D eigenvalue weighted by Gasteiger charge is 2.04. The second-order valence-corrected chi connectivity index (χ2v) is 2.87.